The molecule has 206 valence electrons. The van der Waals surface area contributed by atoms with Gasteiger partial charge in [0.1, 0.15) is 17.7 Å². The van der Waals surface area contributed by atoms with Crippen LogP contribution in [-0.2, 0) is 20.7 Å². The summed E-state index contributed by atoms with van der Waals surface area (Å²) in [5, 5.41) is 12.7. The van der Waals surface area contributed by atoms with E-state index < -0.39 is 23.8 Å². The molecule has 3 amide bonds. The van der Waals surface area contributed by atoms with Crippen LogP contribution in [0.15, 0.2) is 24.3 Å². The third-order valence-electron chi connectivity index (χ3n) is 8.12. The van der Waals surface area contributed by atoms with Gasteiger partial charge >= 0.3 is 6.09 Å². The number of piperidine rings is 2. The second kappa shape index (κ2) is 11.3. The predicted octanol–water partition coefficient (Wildman–Crippen LogP) is 4.39. The van der Waals surface area contributed by atoms with Gasteiger partial charge in [0, 0.05) is 31.5 Å². The molecule has 0 aromatic heterocycles. The molecule has 4 atom stereocenters. The number of nitrogens with one attached hydrogen (secondary N) is 1. The van der Waals surface area contributed by atoms with Crippen LogP contribution in [-0.4, -0.2) is 64.5 Å². The highest BCUT2D eigenvalue weighted by Crippen LogP contribution is 2.43. The van der Waals surface area contributed by atoms with Crippen LogP contribution in [0, 0.1) is 23.2 Å². The largest absolute Gasteiger partial charge is 0.444 e. The summed E-state index contributed by atoms with van der Waals surface area (Å²) in [5.74, 6) is 0.511. The second-order valence-electron chi connectivity index (χ2n) is 12.4. The maximum atomic E-state index is 13.3. The highest BCUT2D eigenvalue weighted by Gasteiger charge is 2.52. The molecule has 1 N–H and O–H groups in total. The van der Waals surface area contributed by atoms with Crippen LogP contribution < -0.4 is 5.32 Å². The Labute approximate surface area is 226 Å². The molecule has 3 fully saturated rings. The smallest absolute Gasteiger partial charge is 0.411 e. The second-order valence-corrected chi connectivity index (χ2v) is 12.4. The van der Waals surface area contributed by atoms with Crippen molar-refractivity contribution in [3.8, 4) is 6.07 Å². The lowest BCUT2D eigenvalue weighted by atomic mass is 9.88. The molecule has 0 unspecified atom stereocenters. The molecule has 2 saturated heterocycles. The first-order valence-electron chi connectivity index (χ1n) is 14.1. The molecule has 1 saturated carbocycles. The zero-order chi connectivity index (χ0) is 27.6. The fourth-order valence-electron chi connectivity index (χ4n) is 6.25. The summed E-state index contributed by atoms with van der Waals surface area (Å²) in [6.45, 7) is 10.9. The van der Waals surface area contributed by atoms with Crippen molar-refractivity contribution in [3.63, 3.8) is 0 Å². The summed E-state index contributed by atoms with van der Waals surface area (Å²) in [6.07, 6.45) is 4.45. The molecule has 3 aliphatic rings. The normalized spacial score (nSPS) is 24.3. The SMILES string of the molecule is CC(C)C(=O)N1CCC(c2ccc(C[C@@H](C#N)NC(=O)[C@@H]3[C@H]4CC[C@H](C4)N3C(=O)OC(C)(C)C)cc2)CC1. The highest BCUT2D eigenvalue weighted by molar-refractivity contribution is 5.87. The quantitative estimate of drug-likeness (QED) is 0.597. The van der Waals surface area contributed by atoms with E-state index in [0.717, 1.165) is 50.8 Å². The minimum atomic E-state index is -0.682. The lowest BCUT2D eigenvalue weighted by molar-refractivity contribution is -0.135. The molecule has 1 aliphatic carbocycles. The van der Waals surface area contributed by atoms with E-state index in [2.05, 4.69) is 23.5 Å². The van der Waals surface area contributed by atoms with Crippen molar-refractivity contribution in [1.29, 1.82) is 5.26 Å². The number of fused-ring (bicyclic) bond motifs is 2. The third kappa shape index (κ3) is 6.31. The van der Waals surface area contributed by atoms with E-state index in [-0.39, 0.29) is 29.7 Å². The van der Waals surface area contributed by atoms with Gasteiger partial charge in [0.25, 0.3) is 0 Å². The molecule has 2 aliphatic heterocycles. The first-order chi connectivity index (χ1) is 18.0. The van der Waals surface area contributed by atoms with E-state index in [0.29, 0.717) is 12.3 Å². The fourth-order valence-corrected chi connectivity index (χ4v) is 6.25. The number of carbonyl (C=O) groups excluding carboxylic acids is 3. The maximum Gasteiger partial charge on any atom is 0.411 e. The van der Waals surface area contributed by atoms with Gasteiger partial charge < -0.3 is 15.0 Å². The Balaban J connectivity index is 1.34. The average molecular weight is 523 g/mol. The fraction of sp³-hybridized carbons (Fsp3) is 0.667. The van der Waals surface area contributed by atoms with E-state index in [1.54, 1.807) is 4.90 Å². The number of nitrogens with zero attached hydrogens (tertiary/aromatic N) is 3. The lowest BCUT2D eigenvalue weighted by Gasteiger charge is -2.35. The van der Waals surface area contributed by atoms with Gasteiger partial charge in [-0.3, -0.25) is 14.5 Å². The summed E-state index contributed by atoms with van der Waals surface area (Å²) in [4.78, 5) is 42.0. The van der Waals surface area contributed by atoms with Crippen molar-refractivity contribution in [1.82, 2.24) is 15.1 Å². The Bertz CT molecular complexity index is 1060. The first-order valence-corrected chi connectivity index (χ1v) is 14.1. The third-order valence-corrected chi connectivity index (χ3v) is 8.12. The van der Waals surface area contributed by atoms with Crippen LogP contribution in [0.5, 0.6) is 0 Å². The molecule has 1 aromatic carbocycles. The van der Waals surface area contributed by atoms with Gasteiger partial charge in [-0.05, 0) is 75.8 Å². The number of hydrogen-bond donors (Lipinski definition) is 1. The lowest BCUT2D eigenvalue weighted by Crippen LogP contribution is -2.55. The Morgan fingerprint density at radius 3 is 2.32 bits per heavy atom. The van der Waals surface area contributed by atoms with Crippen molar-refractivity contribution >= 4 is 17.9 Å². The van der Waals surface area contributed by atoms with E-state index >= 15 is 0 Å². The number of nitriles is 1. The molecule has 2 heterocycles. The van der Waals surface area contributed by atoms with Gasteiger partial charge in [-0.1, -0.05) is 38.1 Å². The van der Waals surface area contributed by atoms with Crippen LogP contribution in [0.3, 0.4) is 0 Å². The van der Waals surface area contributed by atoms with Crippen LogP contribution in [0.2, 0.25) is 0 Å². The van der Waals surface area contributed by atoms with Crippen LogP contribution >= 0.6 is 0 Å². The summed E-state index contributed by atoms with van der Waals surface area (Å²) in [5.41, 5.74) is 1.59. The van der Waals surface area contributed by atoms with E-state index in [4.69, 9.17) is 4.74 Å². The molecule has 0 radical (unpaired) electrons. The number of amides is 3. The van der Waals surface area contributed by atoms with Gasteiger partial charge in [0.05, 0.1) is 6.07 Å². The zero-order valence-electron chi connectivity index (χ0n) is 23.4. The van der Waals surface area contributed by atoms with Gasteiger partial charge in [0.15, 0.2) is 0 Å². The Hall–Kier alpha value is -3.08. The van der Waals surface area contributed by atoms with Crippen molar-refractivity contribution in [2.24, 2.45) is 11.8 Å². The molecule has 8 heteroatoms. The summed E-state index contributed by atoms with van der Waals surface area (Å²) >= 11 is 0. The Morgan fingerprint density at radius 1 is 1.08 bits per heavy atom. The molecule has 4 rings (SSSR count). The Kier molecular flexibility index (Phi) is 8.34. The van der Waals surface area contributed by atoms with Gasteiger partial charge in [0.2, 0.25) is 11.8 Å². The molecule has 0 spiro atoms. The van der Waals surface area contributed by atoms with Crippen molar-refractivity contribution < 1.29 is 19.1 Å². The zero-order valence-corrected chi connectivity index (χ0v) is 23.4. The van der Waals surface area contributed by atoms with Crippen molar-refractivity contribution in [3.05, 3.63) is 35.4 Å². The standard InChI is InChI=1S/C30H42N4O4/c1-19(2)28(36)33-14-12-22(13-15-33)21-8-6-20(7-9-21)16-24(18-31)32-27(35)26-23-10-11-25(17-23)34(26)29(37)38-30(3,4)5/h6-9,19,22-26H,10-17H2,1-5H3,(H,32,35)/t23-,24-,25+,26-/m0/s1. The molecular formula is C30H42N4O4. The summed E-state index contributed by atoms with van der Waals surface area (Å²) < 4.78 is 5.59. The first kappa shape index (κ1) is 27.9. The van der Waals surface area contributed by atoms with Crippen LogP contribution in [0.25, 0.3) is 0 Å². The van der Waals surface area contributed by atoms with Gasteiger partial charge in [-0.2, -0.15) is 5.26 Å². The summed E-state index contributed by atoms with van der Waals surface area (Å²) in [6, 6.07) is 9.26. The minimum Gasteiger partial charge on any atom is -0.444 e. The number of ether oxygens (including phenoxy) is 1. The predicted molar refractivity (Wildman–Crippen MR) is 144 cm³/mol. The molecule has 38 heavy (non-hydrogen) atoms. The number of rotatable bonds is 6. The number of carbonyl (C=O) groups is 3. The van der Waals surface area contributed by atoms with E-state index in [1.165, 1.54) is 5.56 Å². The topological polar surface area (TPSA) is 103 Å². The molecule has 1 aromatic rings. The van der Waals surface area contributed by atoms with Crippen molar-refractivity contribution in [2.45, 2.75) is 103 Å². The van der Waals surface area contributed by atoms with E-state index in [9.17, 15) is 19.6 Å². The number of likely N-dealkylation sites (tertiary alicyclic amines) is 2. The maximum absolute atomic E-state index is 13.3. The molecule has 8 nitrogen and oxygen atoms in total. The number of hydrogen-bond acceptors (Lipinski definition) is 5. The number of benzene rings is 1. The van der Waals surface area contributed by atoms with E-state index in [1.807, 2.05) is 51.7 Å². The van der Waals surface area contributed by atoms with Crippen LogP contribution in [0.1, 0.15) is 83.8 Å². The van der Waals surface area contributed by atoms with Crippen molar-refractivity contribution in [2.75, 3.05) is 13.1 Å². The van der Waals surface area contributed by atoms with Gasteiger partial charge in [-0.15, -0.1) is 0 Å². The summed E-state index contributed by atoms with van der Waals surface area (Å²) in [7, 11) is 0. The Morgan fingerprint density at radius 2 is 1.74 bits per heavy atom. The molecule has 2 bridgehead atoms. The minimum absolute atomic E-state index is 0.0223. The molecular weight excluding hydrogens is 480 g/mol. The highest BCUT2D eigenvalue weighted by atomic mass is 16.6. The van der Waals surface area contributed by atoms with Crippen LogP contribution in [0.4, 0.5) is 4.79 Å². The average Bonchev–Trinajstić information content (AvgIpc) is 3.49. The monoisotopic (exact) mass is 522 g/mol. The van der Waals surface area contributed by atoms with Gasteiger partial charge in [-0.25, -0.2) is 4.79 Å².